The summed E-state index contributed by atoms with van der Waals surface area (Å²) in [6.07, 6.45) is 0.150. The van der Waals surface area contributed by atoms with E-state index in [0.29, 0.717) is 26.2 Å². The van der Waals surface area contributed by atoms with Gasteiger partial charge < -0.3 is 14.5 Å². The minimum absolute atomic E-state index is 0.150. The number of thioether (sulfide) groups is 1. The number of morpholine rings is 1. The van der Waals surface area contributed by atoms with Crippen LogP contribution in [0, 0.1) is 0 Å². The fourth-order valence-electron chi connectivity index (χ4n) is 2.70. The van der Waals surface area contributed by atoms with Gasteiger partial charge in [0.25, 0.3) is 0 Å². The first-order chi connectivity index (χ1) is 9.74. The van der Waals surface area contributed by atoms with Crippen molar-refractivity contribution in [2.75, 3.05) is 43.4 Å². The third-order valence-electron chi connectivity index (χ3n) is 3.74. The molecule has 0 spiro atoms. The van der Waals surface area contributed by atoms with Gasteiger partial charge in [-0.2, -0.15) is 0 Å². The highest BCUT2D eigenvalue weighted by atomic mass is 32.2. The van der Waals surface area contributed by atoms with E-state index in [1.807, 2.05) is 29.7 Å². The molecular formula is C15H20N2O2S. The number of carbonyl (C=O) groups is 1. The molecule has 0 bridgehead atoms. The third kappa shape index (κ3) is 2.94. The highest BCUT2D eigenvalue weighted by Crippen LogP contribution is 2.34. The number of anilines is 1. The molecule has 1 aromatic rings. The van der Waals surface area contributed by atoms with Gasteiger partial charge in [-0.3, -0.25) is 4.79 Å². The topological polar surface area (TPSA) is 32.8 Å². The van der Waals surface area contributed by atoms with Crippen LogP contribution in [-0.2, 0) is 9.53 Å². The molecule has 20 heavy (non-hydrogen) atoms. The summed E-state index contributed by atoms with van der Waals surface area (Å²) in [4.78, 5) is 17.9. The maximum atomic E-state index is 12.4. The van der Waals surface area contributed by atoms with Crippen LogP contribution in [0.2, 0.25) is 0 Å². The second-order valence-electron chi connectivity index (χ2n) is 5.26. The van der Waals surface area contributed by atoms with Crippen LogP contribution >= 0.6 is 11.8 Å². The molecule has 5 heteroatoms. The predicted octanol–water partition coefficient (Wildman–Crippen LogP) is 1.85. The van der Waals surface area contributed by atoms with Gasteiger partial charge in [-0.25, -0.2) is 0 Å². The molecule has 0 aliphatic carbocycles. The fourth-order valence-corrected chi connectivity index (χ4v) is 3.75. The Hall–Kier alpha value is -1.20. The van der Waals surface area contributed by atoms with Gasteiger partial charge in [0.15, 0.2) is 0 Å². The number of ether oxygens (including phenoxy) is 1. The van der Waals surface area contributed by atoms with E-state index < -0.39 is 0 Å². The van der Waals surface area contributed by atoms with E-state index in [1.165, 1.54) is 10.6 Å². The molecule has 1 atom stereocenters. The first-order valence-electron chi connectivity index (χ1n) is 7.10. The Labute approximate surface area is 124 Å². The molecule has 1 saturated heterocycles. The first-order valence-corrected chi connectivity index (χ1v) is 8.09. The van der Waals surface area contributed by atoms with Gasteiger partial charge in [0.1, 0.15) is 0 Å². The molecule has 2 aliphatic heterocycles. The molecule has 0 unspecified atom stereocenters. The molecule has 0 aromatic heterocycles. The number of para-hydroxylation sites is 1. The Kier molecular flexibility index (Phi) is 4.17. The SMILES string of the molecule is C[C@@H]1CN(C(=O)CN2CCSc3ccccc32)CCO1. The van der Waals surface area contributed by atoms with E-state index in [-0.39, 0.29) is 12.0 Å². The van der Waals surface area contributed by atoms with E-state index >= 15 is 0 Å². The minimum Gasteiger partial charge on any atom is -0.375 e. The summed E-state index contributed by atoms with van der Waals surface area (Å²) in [7, 11) is 0. The molecule has 4 nitrogen and oxygen atoms in total. The lowest BCUT2D eigenvalue weighted by Gasteiger charge is -2.35. The van der Waals surface area contributed by atoms with E-state index in [4.69, 9.17) is 4.74 Å². The van der Waals surface area contributed by atoms with E-state index in [9.17, 15) is 4.79 Å². The Morgan fingerprint density at radius 1 is 1.40 bits per heavy atom. The quantitative estimate of drug-likeness (QED) is 0.833. The number of rotatable bonds is 2. The van der Waals surface area contributed by atoms with E-state index in [1.54, 1.807) is 0 Å². The lowest BCUT2D eigenvalue weighted by atomic mass is 10.2. The van der Waals surface area contributed by atoms with Gasteiger partial charge in [-0.1, -0.05) is 12.1 Å². The number of amides is 1. The van der Waals surface area contributed by atoms with Crippen molar-refractivity contribution in [3.63, 3.8) is 0 Å². The average Bonchev–Trinajstić information content (AvgIpc) is 2.47. The summed E-state index contributed by atoms with van der Waals surface area (Å²) >= 11 is 1.87. The van der Waals surface area contributed by atoms with Crippen molar-refractivity contribution >= 4 is 23.4 Å². The standard InChI is InChI=1S/C15H20N2O2S/c1-12-10-17(6-8-19-12)15(18)11-16-7-9-20-14-5-3-2-4-13(14)16/h2-5,12H,6-11H2,1H3/t12-/m1/s1. The summed E-state index contributed by atoms with van der Waals surface area (Å²) in [5.74, 6) is 1.26. The van der Waals surface area contributed by atoms with Gasteiger partial charge in [-0.15, -0.1) is 11.8 Å². The zero-order chi connectivity index (χ0) is 13.9. The number of hydrogen-bond donors (Lipinski definition) is 0. The maximum absolute atomic E-state index is 12.4. The molecule has 1 fully saturated rings. The zero-order valence-corrected chi connectivity index (χ0v) is 12.6. The van der Waals surface area contributed by atoms with Crippen molar-refractivity contribution in [3.8, 4) is 0 Å². The highest BCUT2D eigenvalue weighted by Gasteiger charge is 2.25. The summed E-state index contributed by atoms with van der Waals surface area (Å²) < 4.78 is 5.49. The second-order valence-corrected chi connectivity index (χ2v) is 6.40. The van der Waals surface area contributed by atoms with Crippen molar-refractivity contribution in [2.45, 2.75) is 17.9 Å². The number of fused-ring (bicyclic) bond motifs is 1. The fraction of sp³-hybridized carbons (Fsp3) is 0.533. The Bertz CT molecular complexity index is 495. The summed E-state index contributed by atoms with van der Waals surface area (Å²) in [5.41, 5.74) is 1.19. The van der Waals surface area contributed by atoms with Gasteiger partial charge in [-0.05, 0) is 19.1 Å². The lowest BCUT2D eigenvalue weighted by molar-refractivity contribution is -0.136. The highest BCUT2D eigenvalue weighted by molar-refractivity contribution is 7.99. The smallest absolute Gasteiger partial charge is 0.242 e. The van der Waals surface area contributed by atoms with Gasteiger partial charge in [0, 0.05) is 30.3 Å². The number of nitrogens with zero attached hydrogens (tertiary/aromatic N) is 2. The molecule has 3 rings (SSSR count). The zero-order valence-electron chi connectivity index (χ0n) is 11.7. The third-order valence-corrected chi connectivity index (χ3v) is 4.79. The van der Waals surface area contributed by atoms with Gasteiger partial charge >= 0.3 is 0 Å². The molecule has 0 N–H and O–H groups in total. The number of hydrogen-bond acceptors (Lipinski definition) is 4. The van der Waals surface area contributed by atoms with Crippen LogP contribution in [0.25, 0.3) is 0 Å². The van der Waals surface area contributed by atoms with Gasteiger partial charge in [0.2, 0.25) is 5.91 Å². The Morgan fingerprint density at radius 3 is 3.10 bits per heavy atom. The summed E-state index contributed by atoms with van der Waals surface area (Å²) in [6.45, 7) is 5.51. The molecule has 1 aromatic carbocycles. The first kappa shape index (κ1) is 13.8. The number of carbonyl (C=O) groups excluding carboxylic acids is 1. The van der Waals surface area contributed by atoms with Crippen molar-refractivity contribution in [1.29, 1.82) is 0 Å². The van der Waals surface area contributed by atoms with Crippen molar-refractivity contribution in [1.82, 2.24) is 4.90 Å². The van der Waals surface area contributed by atoms with E-state index in [0.717, 1.165) is 12.3 Å². The largest absolute Gasteiger partial charge is 0.375 e. The van der Waals surface area contributed by atoms with Crippen molar-refractivity contribution < 1.29 is 9.53 Å². The van der Waals surface area contributed by atoms with Crippen molar-refractivity contribution in [2.24, 2.45) is 0 Å². The lowest BCUT2D eigenvalue weighted by Crippen LogP contribution is -2.49. The van der Waals surface area contributed by atoms with Crippen LogP contribution in [-0.4, -0.2) is 55.4 Å². The van der Waals surface area contributed by atoms with Crippen LogP contribution in [0.3, 0.4) is 0 Å². The van der Waals surface area contributed by atoms with Crippen LogP contribution in [0.4, 0.5) is 5.69 Å². The normalized spacial score (nSPS) is 22.6. The van der Waals surface area contributed by atoms with Crippen LogP contribution in [0.5, 0.6) is 0 Å². The van der Waals surface area contributed by atoms with Crippen LogP contribution < -0.4 is 4.90 Å². The van der Waals surface area contributed by atoms with Crippen molar-refractivity contribution in [3.05, 3.63) is 24.3 Å². The average molecular weight is 292 g/mol. The maximum Gasteiger partial charge on any atom is 0.242 e. The van der Waals surface area contributed by atoms with Crippen LogP contribution in [0.15, 0.2) is 29.2 Å². The summed E-state index contributed by atoms with van der Waals surface area (Å²) in [5, 5.41) is 0. The molecule has 108 valence electrons. The van der Waals surface area contributed by atoms with Gasteiger partial charge in [0.05, 0.1) is 24.9 Å². The Morgan fingerprint density at radius 2 is 2.25 bits per heavy atom. The number of benzene rings is 1. The molecule has 1 amide bonds. The monoisotopic (exact) mass is 292 g/mol. The molecule has 2 heterocycles. The molecule has 0 radical (unpaired) electrons. The molecule has 2 aliphatic rings. The van der Waals surface area contributed by atoms with E-state index in [2.05, 4.69) is 23.1 Å². The summed E-state index contributed by atoms with van der Waals surface area (Å²) in [6, 6.07) is 8.34. The Balaban J connectivity index is 1.68. The molecule has 0 saturated carbocycles. The molecular weight excluding hydrogens is 272 g/mol. The predicted molar refractivity (Wildman–Crippen MR) is 81.4 cm³/mol. The minimum atomic E-state index is 0.150. The van der Waals surface area contributed by atoms with Crippen LogP contribution in [0.1, 0.15) is 6.92 Å². The second kappa shape index (κ2) is 6.06.